The van der Waals surface area contributed by atoms with Gasteiger partial charge in [0.25, 0.3) is 0 Å². The molecule has 1 fully saturated rings. The minimum absolute atomic E-state index is 0.114. The molecule has 2 atom stereocenters. The van der Waals surface area contributed by atoms with Gasteiger partial charge < -0.3 is 9.47 Å². The van der Waals surface area contributed by atoms with Crippen LogP contribution in [0.25, 0.3) is 0 Å². The first-order chi connectivity index (χ1) is 15.5. The molecule has 0 spiro atoms. The van der Waals surface area contributed by atoms with Crippen LogP contribution in [0.15, 0.2) is 48.5 Å². The van der Waals surface area contributed by atoms with E-state index in [-0.39, 0.29) is 24.5 Å². The van der Waals surface area contributed by atoms with E-state index in [0.717, 1.165) is 0 Å². The number of benzene rings is 2. The van der Waals surface area contributed by atoms with Crippen molar-refractivity contribution in [1.82, 2.24) is 4.90 Å². The van der Waals surface area contributed by atoms with E-state index in [1.807, 2.05) is 0 Å². The van der Waals surface area contributed by atoms with Gasteiger partial charge in [-0.25, -0.2) is 13.2 Å². The largest absolute Gasteiger partial charge is 0.497 e. The molecule has 180 valence electrons. The van der Waals surface area contributed by atoms with Crippen molar-refractivity contribution in [2.24, 2.45) is 0 Å². The molecule has 33 heavy (non-hydrogen) atoms. The summed E-state index contributed by atoms with van der Waals surface area (Å²) in [5.41, 5.74) is 0.636. The third-order valence-electron chi connectivity index (χ3n) is 5.14. The summed E-state index contributed by atoms with van der Waals surface area (Å²) >= 11 is 5.75. The lowest BCUT2D eigenvalue weighted by Gasteiger charge is -2.35. The Kier molecular flexibility index (Phi) is 7.76. The second kappa shape index (κ2) is 10.2. The molecule has 1 N–H and O–H groups in total. The van der Waals surface area contributed by atoms with Crippen molar-refractivity contribution in [3.05, 3.63) is 59.1 Å². The van der Waals surface area contributed by atoms with Crippen molar-refractivity contribution >= 4 is 33.2 Å². The Morgan fingerprint density at radius 1 is 1.24 bits per heavy atom. The van der Waals surface area contributed by atoms with Crippen molar-refractivity contribution in [2.45, 2.75) is 17.5 Å². The minimum Gasteiger partial charge on any atom is -0.497 e. The van der Waals surface area contributed by atoms with Crippen molar-refractivity contribution in [3.63, 3.8) is 0 Å². The molecule has 7 nitrogen and oxygen atoms in total. The van der Waals surface area contributed by atoms with E-state index in [4.69, 9.17) is 16.3 Å². The van der Waals surface area contributed by atoms with Crippen LogP contribution in [0.1, 0.15) is 10.8 Å². The fourth-order valence-corrected chi connectivity index (χ4v) is 5.33. The minimum atomic E-state index is -4.85. The zero-order valence-corrected chi connectivity index (χ0v) is 19.1. The summed E-state index contributed by atoms with van der Waals surface area (Å²) in [7, 11) is -2.15. The quantitative estimate of drug-likeness (QED) is 0.629. The molecule has 1 aliphatic heterocycles. The lowest BCUT2D eigenvalue weighted by atomic mass is 10.1. The Hall–Kier alpha value is -2.50. The Morgan fingerprint density at radius 3 is 2.58 bits per heavy atom. The van der Waals surface area contributed by atoms with Crippen LogP contribution < -0.4 is 10.1 Å². The molecule has 1 saturated heterocycles. The van der Waals surface area contributed by atoms with Gasteiger partial charge in [-0.1, -0.05) is 23.7 Å². The molecular weight excluding hydrogens is 485 g/mol. The summed E-state index contributed by atoms with van der Waals surface area (Å²) in [5.74, 6) is 0.117. The van der Waals surface area contributed by atoms with E-state index < -0.39 is 40.0 Å². The van der Waals surface area contributed by atoms with Gasteiger partial charge in [0.1, 0.15) is 5.75 Å². The number of hydrogen-bond donors (Lipinski definition) is 1. The molecule has 3 rings (SSSR count). The molecule has 1 aliphatic rings. The summed E-state index contributed by atoms with van der Waals surface area (Å²) in [6.45, 7) is -0.991. The molecule has 0 aromatic heterocycles. The van der Waals surface area contributed by atoms with E-state index >= 15 is 0 Å². The molecule has 0 aliphatic carbocycles. The summed E-state index contributed by atoms with van der Waals surface area (Å²) in [5, 5.41) is 1.59. The second-order valence-electron chi connectivity index (χ2n) is 7.46. The molecule has 0 saturated carbocycles. The third-order valence-corrected chi connectivity index (χ3v) is 7.44. The second-order valence-corrected chi connectivity index (χ2v) is 10.2. The number of nitrogens with one attached hydrogen (secondary N) is 1. The van der Waals surface area contributed by atoms with E-state index in [1.54, 1.807) is 24.3 Å². The molecule has 12 heteroatoms. The van der Waals surface area contributed by atoms with Crippen LogP contribution in [0.3, 0.4) is 0 Å². The van der Waals surface area contributed by atoms with E-state index in [9.17, 15) is 26.4 Å². The Labute approximate surface area is 194 Å². The number of hydrogen-bond acceptors (Lipinski definition) is 6. The fraction of sp³-hybridized carbons (Fsp3) is 0.381. The average Bonchev–Trinajstić information content (AvgIpc) is 2.75. The first kappa shape index (κ1) is 25.1. The van der Waals surface area contributed by atoms with Gasteiger partial charge in [-0.2, -0.15) is 13.2 Å². The van der Waals surface area contributed by atoms with Gasteiger partial charge in [0, 0.05) is 30.3 Å². The summed E-state index contributed by atoms with van der Waals surface area (Å²) in [6, 6.07) is 12.2. The van der Waals surface area contributed by atoms with Gasteiger partial charge in [0.2, 0.25) is 6.10 Å². The molecule has 0 bridgehead atoms. The van der Waals surface area contributed by atoms with E-state index in [0.29, 0.717) is 16.3 Å². The van der Waals surface area contributed by atoms with Crippen LogP contribution in [0, 0.1) is 0 Å². The highest BCUT2D eigenvalue weighted by Crippen LogP contribution is 2.32. The van der Waals surface area contributed by atoms with Crippen molar-refractivity contribution in [1.29, 1.82) is 0 Å². The maximum absolute atomic E-state index is 13.6. The van der Waals surface area contributed by atoms with Crippen molar-refractivity contribution < 1.29 is 35.9 Å². The highest BCUT2D eigenvalue weighted by atomic mass is 35.5. The zero-order chi connectivity index (χ0) is 24.2. The molecular formula is C21H22ClF3N2O5S. The number of carbonyl (C=O) groups excluding carboxylic acids is 1. The van der Waals surface area contributed by atoms with Crippen molar-refractivity contribution in [3.8, 4) is 5.75 Å². The smallest absolute Gasteiger partial charge is 0.426 e. The predicted molar refractivity (Wildman–Crippen MR) is 117 cm³/mol. The molecule has 1 heterocycles. The SMILES string of the molecule is COc1cccc(C2CN(C[C@H](OC(=O)Nc3ccc(Cl)cc3)C(F)(F)F)CCS2(=O)=O)c1. The van der Waals surface area contributed by atoms with Gasteiger partial charge in [0.05, 0.1) is 18.1 Å². The van der Waals surface area contributed by atoms with E-state index in [1.165, 1.54) is 36.3 Å². The summed E-state index contributed by atoms with van der Waals surface area (Å²) in [6.07, 6.45) is -8.58. The molecule has 2 aromatic rings. The van der Waals surface area contributed by atoms with Crippen LogP contribution in [0.2, 0.25) is 5.02 Å². The van der Waals surface area contributed by atoms with Crippen LogP contribution in [0.4, 0.5) is 23.7 Å². The highest BCUT2D eigenvalue weighted by Gasteiger charge is 2.45. The molecule has 2 aromatic carbocycles. The first-order valence-corrected chi connectivity index (χ1v) is 11.9. The average molecular weight is 507 g/mol. The first-order valence-electron chi connectivity index (χ1n) is 9.86. The number of halogens is 4. The van der Waals surface area contributed by atoms with Crippen molar-refractivity contribution in [2.75, 3.05) is 37.8 Å². The lowest BCUT2D eigenvalue weighted by Crippen LogP contribution is -2.50. The Balaban J connectivity index is 1.72. The molecule has 1 unspecified atom stereocenters. The van der Waals surface area contributed by atoms with Gasteiger partial charge in [-0.15, -0.1) is 0 Å². The van der Waals surface area contributed by atoms with Crippen LogP contribution in [-0.2, 0) is 14.6 Å². The van der Waals surface area contributed by atoms with Crippen LogP contribution in [-0.4, -0.2) is 64.2 Å². The summed E-state index contributed by atoms with van der Waals surface area (Å²) < 4.78 is 75.9. The van der Waals surface area contributed by atoms with Crippen LogP contribution in [0.5, 0.6) is 5.75 Å². The fourth-order valence-electron chi connectivity index (χ4n) is 3.41. The molecule has 0 radical (unpaired) electrons. The monoisotopic (exact) mass is 506 g/mol. The topological polar surface area (TPSA) is 84.9 Å². The van der Waals surface area contributed by atoms with Gasteiger partial charge in [0.15, 0.2) is 9.84 Å². The normalized spacial score (nSPS) is 19.5. The number of alkyl halides is 3. The number of nitrogens with zero attached hydrogens (tertiary/aromatic N) is 1. The maximum Gasteiger partial charge on any atom is 0.426 e. The number of carbonyl (C=O) groups is 1. The summed E-state index contributed by atoms with van der Waals surface area (Å²) in [4.78, 5) is 13.4. The van der Waals surface area contributed by atoms with Gasteiger partial charge >= 0.3 is 12.3 Å². The zero-order valence-electron chi connectivity index (χ0n) is 17.5. The maximum atomic E-state index is 13.6. The van der Waals surface area contributed by atoms with Gasteiger partial charge in [-0.3, -0.25) is 10.2 Å². The van der Waals surface area contributed by atoms with Crippen LogP contribution >= 0.6 is 11.6 Å². The standard InChI is InChI=1S/C21H22ClF3N2O5S/c1-31-17-4-2-3-14(11-17)18-12-27(9-10-33(18,29)30)13-19(21(23,24)25)32-20(28)26-16-7-5-15(22)6-8-16/h2-8,11,18-19H,9-10,12-13H2,1H3,(H,26,28)/t18?,19-/m0/s1. The highest BCUT2D eigenvalue weighted by molar-refractivity contribution is 7.91. The number of rotatable bonds is 6. The number of sulfone groups is 1. The third kappa shape index (κ3) is 6.75. The molecule has 1 amide bonds. The number of methoxy groups -OCH3 is 1. The Morgan fingerprint density at radius 2 is 1.94 bits per heavy atom. The number of ether oxygens (including phenoxy) is 2. The van der Waals surface area contributed by atoms with E-state index in [2.05, 4.69) is 10.1 Å². The lowest BCUT2D eigenvalue weighted by molar-refractivity contribution is -0.206. The Bertz CT molecular complexity index is 1080. The predicted octanol–water partition coefficient (Wildman–Crippen LogP) is 4.30. The van der Waals surface area contributed by atoms with Gasteiger partial charge in [-0.05, 0) is 42.0 Å². The number of amides is 1. The number of anilines is 1.